The van der Waals surface area contributed by atoms with Gasteiger partial charge < -0.3 is 0 Å². The van der Waals surface area contributed by atoms with Crippen LogP contribution in [0.3, 0.4) is 0 Å². The molecule has 0 spiro atoms. The lowest BCUT2D eigenvalue weighted by Crippen LogP contribution is -2.37. The van der Waals surface area contributed by atoms with Crippen LogP contribution in [0.1, 0.15) is 31.0 Å². The Bertz CT molecular complexity index is 1220. The number of carbonyl (C=O) groups excluding carboxylic acids is 2. The quantitative estimate of drug-likeness (QED) is 0.442. The highest BCUT2D eigenvalue weighted by Gasteiger charge is 2.32. The van der Waals surface area contributed by atoms with Crippen LogP contribution in [0, 0.1) is 6.92 Å². The van der Waals surface area contributed by atoms with Crippen LogP contribution < -0.4 is 14.9 Å². The Morgan fingerprint density at radius 2 is 1.91 bits per heavy atom. The first-order chi connectivity index (χ1) is 15.9. The monoisotopic (exact) mass is 462 g/mol. The second-order valence-electron chi connectivity index (χ2n) is 7.79. The van der Waals surface area contributed by atoms with E-state index in [0.29, 0.717) is 16.6 Å². The molecule has 1 aromatic heterocycles. The summed E-state index contributed by atoms with van der Waals surface area (Å²) < 4.78 is 6.75. The lowest BCUT2D eigenvalue weighted by molar-refractivity contribution is -0.779. The summed E-state index contributed by atoms with van der Waals surface area (Å²) in [6.45, 7) is 5.92. The molecule has 0 aliphatic carbocycles. The molecule has 4 rings (SSSR count). The molecule has 1 aliphatic heterocycles. The van der Waals surface area contributed by atoms with Crippen LogP contribution in [-0.4, -0.2) is 28.0 Å². The Morgan fingerprint density at radius 1 is 1.18 bits per heavy atom. The third-order valence-corrected chi connectivity index (χ3v) is 5.77. The first-order valence-electron chi connectivity index (χ1n) is 10.5. The summed E-state index contributed by atoms with van der Waals surface area (Å²) >= 11 is 1.18. The molecule has 168 valence electrons. The van der Waals surface area contributed by atoms with Gasteiger partial charge in [0, 0.05) is 0 Å². The van der Waals surface area contributed by atoms with Gasteiger partial charge in [0.2, 0.25) is 11.2 Å². The molecule has 33 heavy (non-hydrogen) atoms. The van der Waals surface area contributed by atoms with Gasteiger partial charge in [-0.15, -0.1) is 0 Å². The topological polar surface area (TPSA) is 91.7 Å². The number of carbonyl (C=O) groups is 2. The zero-order valence-corrected chi connectivity index (χ0v) is 19.4. The number of amides is 2. The van der Waals surface area contributed by atoms with Crippen LogP contribution in [0.25, 0.3) is 6.08 Å². The number of nitrogens with one attached hydrogen (secondary N) is 1. The third-order valence-electron chi connectivity index (χ3n) is 4.83. The highest BCUT2D eigenvalue weighted by molar-refractivity contribution is 8.14. The smallest absolute Gasteiger partial charge is 0.288 e. The van der Waals surface area contributed by atoms with Crippen molar-refractivity contribution >= 4 is 46.4 Å². The summed E-state index contributed by atoms with van der Waals surface area (Å²) in [5.41, 5.74) is 3.03. The lowest BCUT2D eigenvalue weighted by Gasteiger charge is -2.17. The molecular weight excluding hydrogens is 438 g/mol. The van der Waals surface area contributed by atoms with Crippen LogP contribution in [0.5, 0.6) is 0 Å². The normalized spacial score (nSPS) is 14.8. The minimum absolute atomic E-state index is 0.0512. The maximum atomic E-state index is 13.2. The van der Waals surface area contributed by atoms with Crippen LogP contribution in [0.2, 0.25) is 0 Å². The fourth-order valence-corrected chi connectivity index (χ4v) is 3.89. The number of thioether (sulfide) groups is 1. The number of aromatic nitrogens is 2. The van der Waals surface area contributed by atoms with Gasteiger partial charge in [-0.25, -0.2) is 4.99 Å². The number of anilines is 2. The van der Waals surface area contributed by atoms with E-state index < -0.39 is 0 Å². The van der Waals surface area contributed by atoms with Crippen LogP contribution in [0.15, 0.2) is 76.0 Å². The molecule has 2 heterocycles. The SMILES string of the molecule is Cc1ccc(/C=C2/N=C(SCC(=O)Nc3c[n+](C(C)C)no3)N(c3ccccc3)C2=O)cc1. The Kier molecular flexibility index (Phi) is 6.69. The number of rotatable bonds is 6. The van der Waals surface area contributed by atoms with Gasteiger partial charge in [-0.2, -0.15) is 0 Å². The second-order valence-corrected chi connectivity index (χ2v) is 8.73. The summed E-state index contributed by atoms with van der Waals surface area (Å²) in [5.74, 6) is -0.210. The first kappa shape index (κ1) is 22.5. The zero-order chi connectivity index (χ0) is 23.4. The number of benzene rings is 2. The van der Waals surface area contributed by atoms with Crippen molar-refractivity contribution in [2.24, 2.45) is 4.99 Å². The van der Waals surface area contributed by atoms with Crippen molar-refractivity contribution in [3.05, 3.63) is 77.6 Å². The number of aliphatic imine (C=N–C) groups is 1. The zero-order valence-electron chi connectivity index (χ0n) is 18.6. The van der Waals surface area contributed by atoms with E-state index in [1.165, 1.54) is 16.7 Å². The van der Waals surface area contributed by atoms with Crippen LogP contribution >= 0.6 is 11.8 Å². The number of nitrogens with zero attached hydrogens (tertiary/aromatic N) is 4. The molecular formula is C24H24N5O3S+. The highest BCUT2D eigenvalue weighted by atomic mass is 32.2. The van der Waals surface area contributed by atoms with Crippen LogP contribution in [0.4, 0.5) is 11.6 Å². The Hall–Kier alpha value is -3.72. The van der Waals surface area contributed by atoms with Gasteiger partial charge in [0.1, 0.15) is 5.70 Å². The van der Waals surface area contributed by atoms with Gasteiger partial charge in [0.05, 0.1) is 11.4 Å². The molecule has 1 N–H and O–H groups in total. The van der Waals surface area contributed by atoms with Crippen molar-refractivity contribution in [1.29, 1.82) is 0 Å². The van der Waals surface area contributed by atoms with E-state index in [1.807, 2.05) is 75.4 Å². The van der Waals surface area contributed by atoms with Gasteiger partial charge in [-0.3, -0.25) is 24.3 Å². The maximum absolute atomic E-state index is 13.2. The number of amidine groups is 1. The summed E-state index contributed by atoms with van der Waals surface area (Å²) in [4.78, 5) is 31.7. The van der Waals surface area contributed by atoms with E-state index in [1.54, 1.807) is 17.0 Å². The standard InChI is InChI=1S/C24H23N5O3S/c1-16(2)28-14-22(32-27-28)26-21(30)15-33-24-25-20(13-18-11-9-17(3)10-12-18)23(31)29(24)19-7-5-4-6-8-19/h4-14,16H,15H2,1-3H3/p+1/b20-13+. The predicted molar refractivity (Wildman–Crippen MR) is 129 cm³/mol. The largest absolute Gasteiger partial charge is 0.302 e. The summed E-state index contributed by atoms with van der Waals surface area (Å²) in [6, 6.07) is 17.2. The van der Waals surface area contributed by atoms with E-state index in [9.17, 15) is 9.59 Å². The molecule has 2 amide bonds. The van der Waals surface area contributed by atoms with E-state index in [2.05, 4.69) is 15.6 Å². The summed E-state index contributed by atoms with van der Waals surface area (Å²) in [7, 11) is 0. The lowest BCUT2D eigenvalue weighted by atomic mass is 10.1. The highest BCUT2D eigenvalue weighted by Crippen LogP contribution is 2.29. The molecule has 1 aliphatic rings. The van der Waals surface area contributed by atoms with Crippen molar-refractivity contribution in [3.8, 4) is 0 Å². The molecule has 0 atom stereocenters. The molecule has 0 radical (unpaired) electrons. The first-order valence-corrected chi connectivity index (χ1v) is 11.5. The van der Waals surface area contributed by atoms with Crippen molar-refractivity contribution < 1.29 is 18.8 Å². The molecule has 3 aromatic rings. The number of hydrogen-bond donors (Lipinski definition) is 1. The van der Waals surface area contributed by atoms with Gasteiger partial charge in [-0.05, 0) is 49.2 Å². The summed E-state index contributed by atoms with van der Waals surface area (Å²) in [5, 5.41) is 6.98. The fourth-order valence-electron chi connectivity index (χ4n) is 3.08. The van der Waals surface area contributed by atoms with E-state index in [-0.39, 0.29) is 29.5 Å². The molecule has 0 unspecified atom stereocenters. The Balaban J connectivity index is 1.52. The minimum atomic E-state index is -0.286. The maximum Gasteiger partial charge on any atom is 0.302 e. The average molecular weight is 463 g/mol. The number of hydrogen-bond acceptors (Lipinski definition) is 6. The van der Waals surface area contributed by atoms with E-state index in [4.69, 9.17) is 4.52 Å². The number of para-hydroxylation sites is 1. The second kappa shape index (κ2) is 9.83. The predicted octanol–water partition coefficient (Wildman–Crippen LogP) is 3.97. The average Bonchev–Trinajstić information content (AvgIpc) is 3.39. The molecule has 8 nitrogen and oxygen atoms in total. The Morgan fingerprint density at radius 3 is 2.58 bits per heavy atom. The van der Waals surface area contributed by atoms with Crippen molar-refractivity contribution in [2.75, 3.05) is 16.0 Å². The van der Waals surface area contributed by atoms with Gasteiger partial charge >= 0.3 is 5.88 Å². The van der Waals surface area contributed by atoms with Gasteiger partial charge in [0.15, 0.2) is 11.2 Å². The molecule has 0 fully saturated rings. The van der Waals surface area contributed by atoms with Gasteiger partial charge in [-0.1, -0.05) is 59.8 Å². The van der Waals surface area contributed by atoms with Gasteiger partial charge in [0.25, 0.3) is 12.1 Å². The van der Waals surface area contributed by atoms with E-state index >= 15 is 0 Å². The van der Waals surface area contributed by atoms with E-state index in [0.717, 1.165) is 11.1 Å². The number of aryl methyl sites for hydroxylation is 1. The fraction of sp³-hybridized carbons (Fsp3) is 0.208. The summed E-state index contributed by atoms with van der Waals surface area (Å²) in [6.07, 6.45) is 3.38. The molecule has 9 heteroatoms. The Labute approximate surface area is 196 Å². The van der Waals surface area contributed by atoms with Crippen molar-refractivity contribution in [1.82, 2.24) is 5.27 Å². The van der Waals surface area contributed by atoms with Crippen LogP contribution in [-0.2, 0) is 9.59 Å². The van der Waals surface area contributed by atoms with Crippen molar-refractivity contribution in [3.63, 3.8) is 0 Å². The molecule has 2 aromatic carbocycles. The van der Waals surface area contributed by atoms with Crippen molar-refractivity contribution in [2.45, 2.75) is 26.8 Å². The molecule has 0 saturated heterocycles. The minimum Gasteiger partial charge on any atom is -0.288 e. The third kappa shape index (κ3) is 5.38. The molecule has 0 saturated carbocycles. The molecule has 0 bridgehead atoms.